The van der Waals surface area contributed by atoms with Crippen molar-refractivity contribution >= 4 is 0 Å². The van der Waals surface area contributed by atoms with Gasteiger partial charge >= 0.3 is 0 Å². The topological polar surface area (TPSA) is 57.5 Å². The van der Waals surface area contributed by atoms with Gasteiger partial charge in [0.25, 0.3) is 0 Å². The summed E-state index contributed by atoms with van der Waals surface area (Å²) in [6.45, 7) is 5.48. The summed E-state index contributed by atoms with van der Waals surface area (Å²) in [7, 11) is 5.15. The average molecular weight is 229 g/mol. The first-order valence-corrected chi connectivity index (χ1v) is 5.42. The van der Waals surface area contributed by atoms with Gasteiger partial charge in [0.05, 0.1) is 19.3 Å². The van der Waals surface area contributed by atoms with Crippen molar-refractivity contribution in [1.29, 1.82) is 5.26 Å². The highest BCUT2D eigenvalue weighted by molar-refractivity contribution is 5.04. The van der Waals surface area contributed by atoms with Gasteiger partial charge in [-0.25, -0.2) is 0 Å². The minimum Gasteiger partial charge on any atom is -0.383 e. The molecule has 0 aliphatic heterocycles. The molecule has 1 unspecified atom stereocenters. The first kappa shape index (κ1) is 15.3. The van der Waals surface area contributed by atoms with Crippen LogP contribution in [-0.4, -0.2) is 64.6 Å². The van der Waals surface area contributed by atoms with Gasteiger partial charge in [-0.3, -0.25) is 4.90 Å². The smallest absolute Gasteiger partial charge is 0.116 e. The van der Waals surface area contributed by atoms with Crippen LogP contribution in [0.25, 0.3) is 0 Å². The molecule has 0 aromatic carbocycles. The Kier molecular flexibility index (Phi) is 8.12. The standard InChI is InChI=1S/C11H23N3O2/c1-11(9-12,13-2)10-14(5-7-15-3)6-8-16-4/h13H,5-8,10H2,1-4H3. The van der Waals surface area contributed by atoms with Crippen LogP contribution >= 0.6 is 0 Å². The maximum absolute atomic E-state index is 9.08. The molecular formula is C11H23N3O2. The summed E-state index contributed by atoms with van der Waals surface area (Å²) in [6, 6.07) is 2.28. The van der Waals surface area contributed by atoms with Crippen LogP contribution in [-0.2, 0) is 9.47 Å². The molecule has 0 aliphatic carbocycles. The summed E-state index contributed by atoms with van der Waals surface area (Å²) in [4.78, 5) is 2.16. The molecule has 0 amide bonds. The minimum atomic E-state index is -0.526. The molecular weight excluding hydrogens is 206 g/mol. The number of nitrogens with zero attached hydrogens (tertiary/aromatic N) is 2. The number of nitrogens with one attached hydrogen (secondary N) is 1. The lowest BCUT2D eigenvalue weighted by Crippen LogP contribution is -2.50. The first-order chi connectivity index (χ1) is 7.61. The molecule has 1 atom stereocenters. The van der Waals surface area contributed by atoms with E-state index in [1.807, 2.05) is 6.92 Å². The molecule has 0 heterocycles. The van der Waals surface area contributed by atoms with Crippen molar-refractivity contribution in [3.63, 3.8) is 0 Å². The molecule has 16 heavy (non-hydrogen) atoms. The number of likely N-dealkylation sites (N-methyl/N-ethyl adjacent to an activating group) is 1. The van der Waals surface area contributed by atoms with Gasteiger partial charge < -0.3 is 14.8 Å². The molecule has 0 rings (SSSR count). The third-order valence-electron chi connectivity index (χ3n) is 2.56. The van der Waals surface area contributed by atoms with Crippen molar-refractivity contribution in [3.8, 4) is 6.07 Å². The van der Waals surface area contributed by atoms with Crippen LogP contribution in [0, 0.1) is 11.3 Å². The van der Waals surface area contributed by atoms with Crippen molar-refractivity contribution in [2.75, 3.05) is 54.1 Å². The number of rotatable bonds is 9. The van der Waals surface area contributed by atoms with Crippen LogP contribution in [0.3, 0.4) is 0 Å². The molecule has 0 bridgehead atoms. The largest absolute Gasteiger partial charge is 0.383 e. The van der Waals surface area contributed by atoms with E-state index in [2.05, 4.69) is 16.3 Å². The highest BCUT2D eigenvalue weighted by Crippen LogP contribution is 2.04. The van der Waals surface area contributed by atoms with E-state index >= 15 is 0 Å². The lowest BCUT2D eigenvalue weighted by atomic mass is 10.0. The molecule has 0 aliphatic rings. The van der Waals surface area contributed by atoms with Crippen molar-refractivity contribution in [1.82, 2.24) is 10.2 Å². The maximum atomic E-state index is 9.08. The zero-order valence-corrected chi connectivity index (χ0v) is 10.7. The van der Waals surface area contributed by atoms with Crippen LogP contribution in [0.4, 0.5) is 0 Å². The maximum Gasteiger partial charge on any atom is 0.116 e. The molecule has 1 N–H and O–H groups in total. The predicted octanol–water partition coefficient (Wildman–Crippen LogP) is 0.0829. The average Bonchev–Trinajstić information content (AvgIpc) is 2.32. The molecule has 0 saturated heterocycles. The second kappa shape index (κ2) is 8.48. The number of ether oxygens (including phenoxy) is 2. The van der Waals surface area contributed by atoms with E-state index in [1.165, 1.54) is 0 Å². The van der Waals surface area contributed by atoms with Crippen molar-refractivity contribution in [2.24, 2.45) is 0 Å². The van der Waals surface area contributed by atoms with Gasteiger partial charge in [0.2, 0.25) is 0 Å². The van der Waals surface area contributed by atoms with Crippen molar-refractivity contribution < 1.29 is 9.47 Å². The fraction of sp³-hybridized carbons (Fsp3) is 0.909. The van der Waals surface area contributed by atoms with E-state index < -0.39 is 5.54 Å². The minimum absolute atomic E-state index is 0.526. The second-order valence-electron chi connectivity index (χ2n) is 3.96. The van der Waals surface area contributed by atoms with Gasteiger partial charge in [-0.15, -0.1) is 0 Å². The van der Waals surface area contributed by atoms with Gasteiger partial charge in [0.1, 0.15) is 5.54 Å². The summed E-state index contributed by atoms with van der Waals surface area (Å²) < 4.78 is 10.1. The normalized spacial score (nSPS) is 14.8. The van der Waals surface area contributed by atoms with E-state index in [9.17, 15) is 0 Å². The predicted molar refractivity (Wildman–Crippen MR) is 63.3 cm³/mol. The number of hydrogen-bond donors (Lipinski definition) is 1. The van der Waals surface area contributed by atoms with E-state index in [-0.39, 0.29) is 0 Å². The van der Waals surface area contributed by atoms with Crippen molar-refractivity contribution in [3.05, 3.63) is 0 Å². The summed E-state index contributed by atoms with van der Waals surface area (Å²) in [5.41, 5.74) is -0.526. The molecule has 0 radical (unpaired) electrons. The summed E-state index contributed by atoms with van der Waals surface area (Å²) in [5.74, 6) is 0. The van der Waals surface area contributed by atoms with E-state index in [4.69, 9.17) is 14.7 Å². The third kappa shape index (κ3) is 6.03. The SMILES string of the molecule is CNC(C)(C#N)CN(CCOC)CCOC. The zero-order valence-electron chi connectivity index (χ0n) is 10.7. The first-order valence-electron chi connectivity index (χ1n) is 5.42. The lowest BCUT2D eigenvalue weighted by molar-refractivity contribution is 0.103. The van der Waals surface area contributed by atoms with Crippen LogP contribution in [0.2, 0.25) is 0 Å². The number of nitriles is 1. The van der Waals surface area contributed by atoms with Gasteiger partial charge in [-0.1, -0.05) is 0 Å². The molecule has 94 valence electrons. The second-order valence-corrected chi connectivity index (χ2v) is 3.96. The Morgan fingerprint density at radius 2 is 1.75 bits per heavy atom. The highest BCUT2D eigenvalue weighted by atomic mass is 16.5. The van der Waals surface area contributed by atoms with Gasteiger partial charge in [-0.2, -0.15) is 5.26 Å². The van der Waals surface area contributed by atoms with E-state index in [0.717, 1.165) is 13.1 Å². The zero-order chi connectivity index (χ0) is 12.4. The molecule has 0 fully saturated rings. The fourth-order valence-corrected chi connectivity index (χ4v) is 1.33. The molecule has 0 spiro atoms. The molecule has 5 heteroatoms. The summed E-state index contributed by atoms with van der Waals surface area (Å²) in [5, 5.41) is 12.1. The molecule has 0 aromatic heterocycles. The Labute approximate surface area is 98.3 Å². The monoisotopic (exact) mass is 229 g/mol. The molecule has 0 saturated carbocycles. The van der Waals surface area contributed by atoms with Gasteiger partial charge in [0.15, 0.2) is 0 Å². The Hall–Kier alpha value is -0.670. The third-order valence-corrected chi connectivity index (χ3v) is 2.56. The van der Waals surface area contributed by atoms with Gasteiger partial charge in [-0.05, 0) is 14.0 Å². The quantitative estimate of drug-likeness (QED) is 0.607. The Morgan fingerprint density at radius 3 is 2.06 bits per heavy atom. The highest BCUT2D eigenvalue weighted by Gasteiger charge is 2.24. The van der Waals surface area contributed by atoms with E-state index in [0.29, 0.717) is 19.8 Å². The lowest BCUT2D eigenvalue weighted by Gasteiger charge is -2.30. The van der Waals surface area contributed by atoms with Crippen LogP contribution in [0.15, 0.2) is 0 Å². The van der Waals surface area contributed by atoms with Gasteiger partial charge in [0, 0.05) is 33.9 Å². The van der Waals surface area contributed by atoms with E-state index in [1.54, 1.807) is 21.3 Å². The molecule has 0 aromatic rings. The summed E-state index contributed by atoms with van der Waals surface area (Å²) >= 11 is 0. The Morgan fingerprint density at radius 1 is 1.25 bits per heavy atom. The molecule has 5 nitrogen and oxygen atoms in total. The Bertz CT molecular complexity index is 210. The van der Waals surface area contributed by atoms with Crippen LogP contribution < -0.4 is 5.32 Å². The van der Waals surface area contributed by atoms with Crippen LogP contribution in [0.5, 0.6) is 0 Å². The van der Waals surface area contributed by atoms with Crippen molar-refractivity contribution in [2.45, 2.75) is 12.5 Å². The van der Waals surface area contributed by atoms with Crippen LogP contribution in [0.1, 0.15) is 6.92 Å². The fourth-order valence-electron chi connectivity index (χ4n) is 1.33. The number of methoxy groups -OCH3 is 2. The summed E-state index contributed by atoms with van der Waals surface area (Å²) in [6.07, 6.45) is 0. The Balaban J connectivity index is 4.22. The number of hydrogen-bond acceptors (Lipinski definition) is 5.